The molecule has 3 amide bonds. The van der Waals surface area contributed by atoms with Gasteiger partial charge in [0.2, 0.25) is 5.91 Å². The molecule has 1 aliphatic rings. The highest BCUT2D eigenvalue weighted by molar-refractivity contribution is 5.97. The third-order valence-electron chi connectivity index (χ3n) is 6.09. The van der Waals surface area contributed by atoms with Crippen LogP contribution < -0.4 is 16.0 Å². The van der Waals surface area contributed by atoms with E-state index in [-0.39, 0.29) is 24.3 Å². The summed E-state index contributed by atoms with van der Waals surface area (Å²) < 4.78 is 5.20. The van der Waals surface area contributed by atoms with Crippen molar-refractivity contribution in [2.45, 2.75) is 26.3 Å². The SMILES string of the molecule is CC1CCN(C(=O)c2ccc(NC(=O)CNc3ccc(C(=O)NCc4ccco4)cc3)cc2)CC1. The second-order valence-corrected chi connectivity index (χ2v) is 8.79. The quantitative estimate of drug-likeness (QED) is 0.455. The van der Waals surface area contributed by atoms with Gasteiger partial charge >= 0.3 is 0 Å². The van der Waals surface area contributed by atoms with Crippen LogP contribution in [0.1, 0.15) is 46.2 Å². The smallest absolute Gasteiger partial charge is 0.253 e. The van der Waals surface area contributed by atoms with Gasteiger partial charge in [0.1, 0.15) is 5.76 Å². The summed E-state index contributed by atoms with van der Waals surface area (Å²) in [5.41, 5.74) is 2.49. The summed E-state index contributed by atoms with van der Waals surface area (Å²) in [5, 5.41) is 8.65. The van der Waals surface area contributed by atoms with E-state index in [1.807, 2.05) is 4.90 Å². The van der Waals surface area contributed by atoms with Crippen LogP contribution in [0, 0.1) is 5.92 Å². The molecule has 4 rings (SSSR count). The molecule has 1 fully saturated rings. The molecule has 1 saturated heterocycles. The highest BCUT2D eigenvalue weighted by Gasteiger charge is 2.21. The maximum absolute atomic E-state index is 12.7. The van der Waals surface area contributed by atoms with E-state index in [0.29, 0.717) is 35.0 Å². The summed E-state index contributed by atoms with van der Waals surface area (Å²) in [6.07, 6.45) is 3.63. The Morgan fingerprint density at radius 1 is 0.914 bits per heavy atom. The number of likely N-dealkylation sites (tertiary alicyclic amines) is 1. The first kappa shape index (κ1) is 24.1. The van der Waals surface area contributed by atoms with Crippen LogP contribution in [0.4, 0.5) is 11.4 Å². The zero-order chi connectivity index (χ0) is 24.6. The van der Waals surface area contributed by atoms with E-state index in [1.54, 1.807) is 66.9 Å². The molecule has 2 aromatic carbocycles. The molecule has 0 saturated carbocycles. The highest BCUT2D eigenvalue weighted by Crippen LogP contribution is 2.19. The Bertz CT molecular complexity index is 1130. The fourth-order valence-electron chi connectivity index (χ4n) is 3.90. The standard InChI is InChI=1S/C27H30N4O4/c1-19-12-14-31(15-13-19)27(34)21-6-10-23(11-7-21)30-25(32)18-28-22-8-4-20(5-9-22)26(33)29-17-24-3-2-16-35-24/h2-11,16,19,28H,12-15,17-18H2,1H3,(H,29,33)(H,30,32). The molecule has 1 aromatic heterocycles. The van der Waals surface area contributed by atoms with Gasteiger partial charge in [-0.25, -0.2) is 0 Å². The summed E-state index contributed by atoms with van der Waals surface area (Å²) in [7, 11) is 0. The molecule has 0 bridgehead atoms. The highest BCUT2D eigenvalue weighted by atomic mass is 16.3. The minimum atomic E-state index is -0.214. The summed E-state index contributed by atoms with van der Waals surface area (Å²) in [4.78, 5) is 39.1. The topological polar surface area (TPSA) is 104 Å². The number of piperidine rings is 1. The zero-order valence-corrected chi connectivity index (χ0v) is 19.8. The van der Waals surface area contributed by atoms with Gasteiger partial charge in [-0.15, -0.1) is 0 Å². The second kappa shape index (κ2) is 11.4. The van der Waals surface area contributed by atoms with Gasteiger partial charge in [-0.05, 0) is 79.4 Å². The van der Waals surface area contributed by atoms with Gasteiger partial charge in [0, 0.05) is 35.6 Å². The minimum absolute atomic E-state index is 0.0366. The number of nitrogens with zero attached hydrogens (tertiary/aromatic N) is 1. The summed E-state index contributed by atoms with van der Waals surface area (Å²) in [6.45, 7) is 4.18. The van der Waals surface area contributed by atoms with E-state index in [9.17, 15) is 14.4 Å². The maximum atomic E-state index is 12.7. The van der Waals surface area contributed by atoms with E-state index in [2.05, 4.69) is 22.9 Å². The Kier molecular flexibility index (Phi) is 7.82. The first-order valence-corrected chi connectivity index (χ1v) is 11.8. The van der Waals surface area contributed by atoms with Gasteiger partial charge in [0.15, 0.2) is 0 Å². The number of hydrogen-bond donors (Lipinski definition) is 3. The number of carbonyl (C=O) groups excluding carboxylic acids is 3. The Hall–Kier alpha value is -4.07. The fourth-order valence-corrected chi connectivity index (χ4v) is 3.90. The van der Waals surface area contributed by atoms with Crippen LogP contribution >= 0.6 is 0 Å². The summed E-state index contributed by atoms with van der Waals surface area (Å²) >= 11 is 0. The number of anilines is 2. The van der Waals surface area contributed by atoms with Gasteiger partial charge < -0.3 is 25.3 Å². The molecule has 0 radical (unpaired) electrons. The Labute approximate surface area is 204 Å². The molecular formula is C27H30N4O4. The summed E-state index contributed by atoms with van der Waals surface area (Å²) in [6, 6.07) is 17.4. The average Bonchev–Trinajstić information content (AvgIpc) is 3.41. The lowest BCUT2D eigenvalue weighted by molar-refractivity contribution is -0.114. The van der Waals surface area contributed by atoms with Crippen molar-refractivity contribution >= 4 is 29.1 Å². The van der Waals surface area contributed by atoms with Crippen LogP contribution in [0.25, 0.3) is 0 Å². The number of carbonyl (C=O) groups is 3. The lowest BCUT2D eigenvalue weighted by Crippen LogP contribution is -2.37. The van der Waals surface area contributed by atoms with Crippen LogP contribution in [0.5, 0.6) is 0 Å². The fraction of sp³-hybridized carbons (Fsp3) is 0.296. The normalized spacial score (nSPS) is 13.8. The molecule has 35 heavy (non-hydrogen) atoms. The largest absolute Gasteiger partial charge is 0.467 e. The molecule has 0 atom stereocenters. The number of hydrogen-bond acceptors (Lipinski definition) is 5. The van der Waals surface area contributed by atoms with Gasteiger partial charge in [0.05, 0.1) is 19.4 Å². The minimum Gasteiger partial charge on any atom is -0.467 e. The van der Waals surface area contributed by atoms with Crippen LogP contribution in [0.15, 0.2) is 71.3 Å². The zero-order valence-electron chi connectivity index (χ0n) is 19.8. The van der Waals surface area contributed by atoms with Gasteiger partial charge in [0.25, 0.3) is 11.8 Å². The van der Waals surface area contributed by atoms with Crippen molar-refractivity contribution in [1.29, 1.82) is 0 Å². The number of amides is 3. The van der Waals surface area contributed by atoms with Crippen LogP contribution in [-0.2, 0) is 11.3 Å². The molecule has 2 heterocycles. The first-order valence-electron chi connectivity index (χ1n) is 11.8. The molecule has 0 unspecified atom stereocenters. The number of nitrogens with one attached hydrogen (secondary N) is 3. The molecule has 8 heteroatoms. The Morgan fingerprint density at radius 2 is 1.57 bits per heavy atom. The molecule has 3 aromatic rings. The van der Waals surface area contributed by atoms with Crippen LogP contribution in [0.2, 0.25) is 0 Å². The van der Waals surface area contributed by atoms with Crippen LogP contribution in [-0.4, -0.2) is 42.3 Å². The van der Waals surface area contributed by atoms with Gasteiger partial charge in [-0.2, -0.15) is 0 Å². The predicted octanol–water partition coefficient (Wildman–Crippen LogP) is 4.13. The summed E-state index contributed by atoms with van der Waals surface area (Å²) in [5.74, 6) is 0.965. The first-order chi connectivity index (χ1) is 17.0. The van der Waals surface area contributed by atoms with Crippen LogP contribution in [0.3, 0.4) is 0 Å². The maximum Gasteiger partial charge on any atom is 0.253 e. The molecule has 0 spiro atoms. The molecule has 3 N–H and O–H groups in total. The molecule has 8 nitrogen and oxygen atoms in total. The third kappa shape index (κ3) is 6.72. The average molecular weight is 475 g/mol. The van der Waals surface area contributed by atoms with E-state index in [0.717, 1.165) is 31.6 Å². The third-order valence-corrected chi connectivity index (χ3v) is 6.09. The number of furan rings is 1. The number of benzene rings is 2. The Morgan fingerprint density at radius 3 is 2.23 bits per heavy atom. The lowest BCUT2D eigenvalue weighted by Gasteiger charge is -2.30. The van der Waals surface area contributed by atoms with Crippen molar-refractivity contribution < 1.29 is 18.8 Å². The molecule has 1 aliphatic heterocycles. The predicted molar refractivity (Wildman–Crippen MR) is 134 cm³/mol. The molecular weight excluding hydrogens is 444 g/mol. The van der Waals surface area contributed by atoms with Crippen molar-refractivity contribution in [2.24, 2.45) is 5.92 Å². The lowest BCUT2D eigenvalue weighted by atomic mass is 9.98. The van der Waals surface area contributed by atoms with Crippen molar-refractivity contribution in [1.82, 2.24) is 10.2 Å². The Balaban J connectivity index is 1.21. The van der Waals surface area contributed by atoms with E-state index >= 15 is 0 Å². The number of rotatable bonds is 8. The van der Waals surface area contributed by atoms with Crippen molar-refractivity contribution in [3.63, 3.8) is 0 Å². The van der Waals surface area contributed by atoms with Crippen molar-refractivity contribution in [3.05, 3.63) is 83.8 Å². The van der Waals surface area contributed by atoms with Gasteiger partial charge in [-0.1, -0.05) is 6.92 Å². The van der Waals surface area contributed by atoms with Crippen molar-refractivity contribution in [3.8, 4) is 0 Å². The second-order valence-electron chi connectivity index (χ2n) is 8.79. The van der Waals surface area contributed by atoms with Gasteiger partial charge in [-0.3, -0.25) is 14.4 Å². The van der Waals surface area contributed by atoms with E-state index < -0.39 is 0 Å². The van der Waals surface area contributed by atoms with E-state index in [1.165, 1.54) is 0 Å². The molecule has 0 aliphatic carbocycles. The monoisotopic (exact) mass is 474 g/mol. The van der Waals surface area contributed by atoms with E-state index in [4.69, 9.17) is 4.42 Å². The van der Waals surface area contributed by atoms with Crippen molar-refractivity contribution in [2.75, 3.05) is 30.3 Å². The molecule has 182 valence electrons.